The summed E-state index contributed by atoms with van der Waals surface area (Å²) in [6, 6.07) is 0. The van der Waals surface area contributed by atoms with E-state index in [1.54, 1.807) is 19.2 Å². The van der Waals surface area contributed by atoms with Crippen molar-refractivity contribution in [2.75, 3.05) is 11.9 Å². The number of nitrogens with one attached hydrogen (secondary N) is 1. The van der Waals surface area contributed by atoms with Crippen LogP contribution in [0.2, 0.25) is 0 Å². The quantitative estimate of drug-likeness (QED) is 0.346. The van der Waals surface area contributed by atoms with Crippen molar-refractivity contribution >= 4 is 41.2 Å². The second-order valence-electron chi connectivity index (χ2n) is 8.21. The summed E-state index contributed by atoms with van der Waals surface area (Å²) in [4.78, 5) is 28.7. The van der Waals surface area contributed by atoms with Crippen LogP contribution in [0.1, 0.15) is 52.0 Å². The molecular formula is C25H29Cl2N3O4. The topological polar surface area (TPSA) is 82.4 Å². The van der Waals surface area contributed by atoms with E-state index in [1.165, 1.54) is 12.2 Å². The van der Waals surface area contributed by atoms with Crippen LogP contribution < -0.4 is 10.9 Å². The molecule has 0 aromatic carbocycles. The largest absolute Gasteiger partial charge is 0.494 e. The predicted molar refractivity (Wildman–Crippen MR) is 135 cm³/mol. The fourth-order valence-electron chi connectivity index (χ4n) is 3.51. The Labute approximate surface area is 209 Å². The summed E-state index contributed by atoms with van der Waals surface area (Å²) in [5.74, 6) is 0.630. The molecule has 1 heterocycles. The highest BCUT2D eigenvalue weighted by Crippen LogP contribution is 2.29. The van der Waals surface area contributed by atoms with E-state index < -0.39 is 11.5 Å². The molecule has 0 fully saturated rings. The van der Waals surface area contributed by atoms with Gasteiger partial charge in [-0.1, -0.05) is 34.9 Å². The van der Waals surface area contributed by atoms with Crippen LogP contribution in [0.15, 0.2) is 62.4 Å². The highest BCUT2D eigenvalue weighted by Gasteiger charge is 2.17. The molecule has 2 aliphatic carbocycles. The highest BCUT2D eigenvalue weighted by atomic mass is 35.5. The van der Waals surface area contributed by atoms with E-state index in [2.05, 4.69) is 10.3 Å². The summed E-state index contributed by atoms with van der Waals surface area (Å²) in [7, 11) is 0. The molecule has 1 aromatic rings. The minimum atomic E-state index is -0.515. The number of ether oxygens (including phenoxy) is 2. The third kappa shape index (κ3) is 7.37. The van der Waals surface area contributed by atoms with Crippen LogP contribution in [-0.4, -0.2) is 28.2 Å². The molecule has 0 saturated carbocycles. The van der Waals surface area contributed by atoms with Crippen LogP contribution in [0.5, 0.6) is 0 Å². The van der Waals surface area contributed by atoms with Gasteiger partial charge >= 0.3 is 5.97 Å². The first kappa shape index (κ1) is 25.8. The van der Waals surface area contributed by atoms with E-state index in [4.69, 9.17) is 32.7 Å². The van der Waals surface area contributed by atoms with Gasteiger partial charge in [-0.15, -0.1) is 0 Å². The fraction of sp³-hybridized carbons (Fsp3) is 0.400. The van der Waals surface area contributed by atoms with Crippen molar-refractivity contribution < 1.29 is 14.3 Å². The van der Waals surface area contributed by atoms with Crippen molar-refractivity contribution in [2.45, 2.75) is 59.1 Å². The first-order valence-corrected chi connectivity index (χ1v) is 12.0. The maximum absolute atomic E-state index is 12.7. The third-order valence-corrected chi connectivity index (χ3v) is 5.74. The molecule has 7 nitrogen and oxygen atoms in total. The molecule has 182 valence electrons. The zero-order valence-electron chi connectivity index (χ0n) is 19.6. The molecule has 0 spiro atoms. The number of aromatic nitrogens is 2. The van der Waals surface area contributed by atoms with Gasteiger partial charge in [0.25, 0.3) is 5.56 Å². The lowest BCUT2D eigenvalue weighted by Crippen LogP contribution is -2.22. The van der Waals surface area contributed by atoms with E-state index in [0.29, 0.717) is 30.4 Å². The number of carbonyl (C=O) groups excluding carboxylic acids is 1. The van der Waals surface area contributed by atoms with Gasteiger partial charge in [-0.3, -0.25) is 4.79 Å². The molecular weight excluding hydrogens is 477 g/mol. The minimum Gasteiger partial charge on any atom is -0.494 e. The monoisotopic (exact) mass is 505 g/mol. The standard InChI is InChI=1S/C25H29Cl2N3O4/c1-4-33-23(31)12-7-18-15-30(14-17-5-8-19(26)9-6-17)25(29-24(18)32)28-20-10-11-22(21(27)13-20)34-16(2)3/h5,7-8,12-13,15-16H,4,6,9-11,14H2,1-3H3,(H,28,29,32)/b12-7+. The van der Waals surface area contributed by atoms with Gasteiger partial charge in [-0.2, -0.15) is 4.98 Å². The van der Waals surface area contributed by atoms with Gasteiger partial charge in [0.05, 0.1) is 23.3 Å². The van der Waals surface area contributed by atoms with Crippen molar-refractivity contribution in [1.29, 1.82) is 0 Å². The summed E-state index contributed by atoms with van der Waals surface area (Å²) < 4.78 is 12.5. The van der Waals surface area contributed by atoms with Gasteiger partial charge in [0.15, 0.2) is 0 Å². The van der Waals surface area contributed by atoms with Crippen LogP contribution in [0.3, 0.4) is 0 Å². The Bertz CT molecular complexity index is 1140. The number of carbonyl (C=O) groups is 1. The van der Waals surface area contributed by atoms with Crippen molar-refractivity contribution in [1.82, 2.24) is 9.55 Å². The smallest absolute Gasteiger partial charge is 0.330 e. The number of allylic oxidation sites excluding steroid dienone is 8. The molecule has 34 heavy (non-hydrogen) atoms. The summed E-state index contributed by atoms with van der Waals surface area (Å²) in [5, 5.41) is 4.60. The van der Waals surface area contributed by atoms with Gasteiger partial charge < -0.3 is 19.4 Å². The summed E-state index contributed by atoms with van der Waals surface area (Å²) >= 11 is 12.5. The number of halogens is 2. The Hall–Kier alpha value is -2.77. The number of nitrogens with zero attached hydrogens (tertiary/aromatic N) is 2. The molecule has 9 heteroatoms. The van der Waals surface area contributed by atoms with Gasteiger partial charge in [-0.05, 0) is 58.3 Å². The molecule has 0 saturated heterocycles. The summed E-state index contributed by atoms with van der Waals surface area (Å²) in [6.45, 7) is 6.40. The molecule has 0 atom stereocenters. The van der Waals surface area contributed by atoms with E-state index in [-0.39, 0.29) is 18.3 Å². The number of hydrogen-bond donors (Lipinski definition) is 1. The van der Waals surface area contributed by atoms with E-state index in [0.717, 1.165) is 34.9 Å². The number of esters is 1. The summed E-state index contributed by atoms with van der Waals surface area (Å²) in [5.41, 5.74) is 1.80. The zero-order chi connectivity index (χ0) is 24.7. The second kappa shape index (κ2) is 12.1. The Morgan fingerprint density at radius 1 is 1.24 bits per heavy atom. The first-order chi connectivity index (χ1) is 16.2. The SMILES string of the molecule is CCOC(=O)/C=C/c1cn(CC2=CC=C(Cl)CC2)c(NC2=CC(Cl)=C(OC(C)C)CC2)nc1=O. The number of anilines is 1. The molecule has 0 amide bonds. The van der Waals surface area contributed by atoms with Crippen LogP contribution >= 0.6 is 23.2 Å². The van der Waals surface area contributed by atoms with Crippen LogP contribution in [0.25, 0.3) is 6.08 Å². The lowest BCUT2D eigenvalue weighted by Gasteiger charge is -2.22. The number of rotatable bonds is 9. The van der Waals surface area contributed by atoms with Crippen LogP contribution in [0, 0.1) is 0 Å². The minimum absolute atomic E-state index is 0.0417. The lowest BCUT2D eigenvalue weighted by atomic mass is 10.0. The van der Waals surface area contributed by atoms with Crippen molar-refractivity contribution in [2.24, 2.45) is 0 Å². The molecule has 0 radical (unpaired) electrons. The lowest BCUT2D eigenvalue weighted by molar-refractivity contribution is -0.137. The fourth-order valence-corrected chi connectivity index (χ4v) is 3.94. The second-order valence-corrected chi connectivity index (χ2v) is 9.10. The van der Waals surface area contributed by atoms with Gasteiger partial charge in [-0.25, -0.2) is 4.79 Å². The van der Waals surface area contributed by atoms with Crippen LogP contribution in [-0.2, 0) is 20.8 Å². The Kier molecular flexibility index (Phi) is 9.19. The normalized spacial score (nSPS) is 16.4. The molecule has 0 bridgehead atoms. The van der Waals surface area contributed by atoms with Crippen molar-refractivity contribution in [3.63, 3.8) is 0 Å². The van der Waals surface area contributed by atoms with Gasteiger partial charge in [0.2, 0.25) is 5.95 Å². The average Bonchev–Trinajstić information content (AvgIpc) is 2.78. The Morgan fingerprint density at radius 2 is 2.03 bits per heavy atom. The molecule has 1 N–H and O–H groups in total. The predicted octanol–water partition coefficient (Wildman–Crippen LogP) is 5.63. The molecule has 3 rings (SSSR count). The zero-order valence-corrected chi connectivity index (χ0v) is 21.1. The summed E-state index contributed by atoms with van der Waals surface area (Å²) in [6.07, 6.45) is 12.9. The van der Waals surface area contributed by atoms with E-state index in [9.17, 15) is 9.59 Å². The Morgan fingerprint density at radius 3 is 2.68 bits per heavy atom. The maximum atomic E-state index is 12.7. The van der Waals surface area contributed by atoms with E-state index in [1.807, 2.05) is 30.6 Å². The van der Waals surface area contributed by atoms with Gasteiger partial charge in [0.1, 0.15) is 5.76 Å². The number of hydrogen-bond acceptors (Lipinski definition) is 6. The average molecular weight is 506 g/mol. The molecule has 1 aromatic heterocycles. The van der Waals surface area contributed by atoms with Gasteiger partial charge in [0, 0.05) is 36.0 Å². The maximum Gasteiger partial charge on any atom is 0.330 e. The highest BCUT2D eigenvalue weighted by molar-refractivity contribution is 6.31. The van der Waals surface area contributed by atoms with Crippen LogP contribution in [0.4, 0.5) is 5.95 Å². The first-order valence-electron chi connectivity index (χ1n) is 11.3. The molecule has 2 aliphatic rings. The Balaban J connectivity index is 1.92. The van der Waals surface area contributed by atoms with E-state index >= 15 is 0 Å². The molecule has 0 unspecified atom stereocenters. The van der Waals surface area contributed by atoms with Crippen molar-refractivity contribution in [3.8, 4) is 0 Å². The van der Waals surface area contributed by atoms with Crippen molar-refractivity contribution in [3.05, 3.63) is 73.5 Å². The molecule has 0 aliphatic heterocycles. The third-order valence-electron chi connectivity index (χ3n) is 5.10.